The molecule has 0 saturated carbocycles. The third kappa shape index (κ3) is 7.27. The fourth-order valence-corrected chi connectivity index (χ4v) is 1.99. The van der Waals surface area contributed by atoms with Crippen molar-refractivity contribution >= 4 is 11.8 Å². The van der Waals surface area contributed by atoms with E-state index in [1.165, 1.54) is 6.92 Å². The van der Waals surface area contributed by atoms with Gasteiger partial charge in [0.05, 0.1) is 12.5 Å². The zero-order valence-corrected chi connectivity index (χ0v) is 11.2. The maximum atomic E-state index is 11.6. The van der Waals surface area contributed by atoms with Crippen LogP contribution >= 0.6 is 0 Å². The van der Waals surface area contributed by atoms with Crippen molar-refractivity contribution in [3.8, 4) is 0 Å². The van der Waals surface area contributed by atoms with Crippen LogP contribution in [0, 0.1) is 0 Å². The lowest BCUT2D eigenvalue weighted by Gasteiger charge is -2.21. The summed E-state index contributed by atoms with van der Waals surface area (Å²) in [6, 6.07) is 0. The largest absolute Gasteiger partial charge is 0.378 e. The van der Waals surface area contributed by atoms with E-state index in [4.69, 9.17) is 4.74 Å². The summed E-state index contributed by atoms with van der Waals surface area (Å²) in [6.45, 7) is 3.64. The van der Waals surface area contributed by atoms with Gasteiger partial charge < -0.3 is 15.4 Å². The first-order valence-electron chi connectivity index (χ1n) is 6.81. The van der Waals surface area contributed by atoms with Crippen LogP contribution in [0.2, 0.25) is 0 Å². The number of carbonyl (C=O) groups is 2. The molecule has 1 fully saturated rings. The molecule has 0 aromatic rings. The molecule has 5 nitrogen and oxygen atoms in total. The van der Waals surface area contributed by atoms with Gasteiger partial charge in [0.2, 0.25) is 11.8 Å². The first-order valence-corrected chi connectivity index (χ1v) is 6.81. The standard InChI is InChI=1S/C13H24N2O3/c1-11(16)14-7-3-4-8-15-13(17)10-12-6-2-5-9-18-12/h12H,2-10H2,1H3,(H,14,16)(H,15,17). The number of amides is 2. The lowest BCUT2D eigenvalue weighted by molar-refractivity contribution is -0.125. The van der Waals surface area contributed by atoms with Gasteiger partial charge in [0.1, 0.15) is 0 Å². The minimum Gasteiger partial charge on any atom is -0.378 e. The molecule has 104 valence electrons. The van der Waals surface area contributed by atoms with Crippen LogP contribution < -0.4 is 10.6 Å². The number of hydrogen-bond acceptors (Lipinski definition) is 3. The van der Waals surface area contributed by atoms with Crippen molar-refractivity contribution in [3.63, 3.8) is 0 Å². The highest BCUT2D eigenvalue weighted by molar-refractivity contribution is 5.76. The van der Waals surface area contributed by atoms with Crippen LogP contribution in [-0.4, -0.2) is 37.6 Å². The summed E-state index contributed by atoms with van der Waals surface area (Å²) in [5.74, 6) is 0.0647. The lowest BCUT2D eigenvalue weighted by Crippen LogP contribution is -2.31. The summed E-state index contributed by atoms with van der Waals surface area (Å²) >= 11 is 0. The molecule has 0 radical (unpaired) electrons. The molecule has 2 N–H and O–H groups in total. The summed E-state index contributed by atoms with van der Waals surface area (Å²) in [7, 11) is 0. The van der Waals surface area contributed by atoms with Crippen molar-refractivity contribution in [1.29, 1.82) is 0 Å². The molecule has 1 rings (SSSR count). The molecule has 2 amide bonds. The van der Waals surface area contributed by atoms with Crippen molar-refractivity contribution in [2.45, 2.75) is 51.6 Å². The Labute approximate surface area is 109 Å². The highest BCUT2D eigenvalue weighted by Crippen LogP contribution is 2.15. The van der Waals surface area contributed by atoms with Gasteiger partial charge in [0, 0.05) is 26.6 Å². The van der Waals surface area contributed by atoms with E-state index < -0.39 is 0 Å². The summed E-state index contributed by atoms with van der Waals surface area (Å²) < 4.78 is 5.51. The van der Waals surface area contributed by atoms with Gasteiger partial charge in [-0.2, -0.15) is 0 Å². The zero-order valence-electron chi connectivity index (χ0n) is 11.2. The highest BCUT2D eigenvalue weighted by Gasteiger charge is 2.16. The molecule has 1 saturated heterocycles. The molecular formula is C13H24N2O3. The molecule has 0 aromatic carbocycles. The molecule has 1 atom stereocenters. The van der Waals surface area contributed by atoms with Crippen LogP contribution in [0.1, 0.15) is 45.4 Å². The normalized spacial score (nSPS) is 19.3. The van der Waals surface area contributed by atoms with E-state index in [-0.39, 0.29) is 17.9 Å². The van der Waals surface area contributed by atoms with Gasteiger partial charge in [-0.25, -0.2) is 0 Å². The third-order valence-corrected chi connectivity index (χ3v) is 2.99. The average Bonchev–Trinajstić information content (AvgIpc) is 2.34. The molecule has 18 heavy (non-hydrogen) atoms. The summed E-state index contributed by atoms with van der Waals surface area (Å²) in [6.07, 6.45) is 5.63. The van der Waals surface area contributed by atoms with Gasteiger partial charge in [-0.05, 0) is 32.1 Å². The molecule has 1 aliphatic heterocycles. The van der Waals surface area contributed by atoms with Crippen LogP contribution in [0.4, 0.5) is 0 Å². The molecule has 0 bridgehead atoms. The fourth-order valence-electron chi connectivity index (χ4n) is 1.99. The van der Waals surface area contributed by atoms with Gasteiger partial charge in [0.15, 0.2) is 0 Å². The molecule has 5 heteroatoms. The Morgan fingerprint density at radius 1 is 1.17 bits per heavy atom. The van der Waals surface area contributed by atoms with Crippen molar-refractivity contribution in [2.24, 2.45) is 0 Å². The quantitative estimate of drug-likeness (QED) is 0.667. The predicted molar refractivity (Wildman–Crippen MR) is 69.1 cm³/mol. The Balaban J connectivity index is 1.94. The minimum absolute atomic E-state index is 0.00603. The molecular weight excluding hydrogens is 232 g/mol. The molecule has 1 aliphatic rings. The van der Waals surface area contributed by atoms with Crippen molar-refractivity contribution in [1.82, 2.24) is 10.6 Å². The van der Waals surface area contributed by atoms with Crippen LogP contribution in [-0.2, 0) is 14.3 Å². The molecule has 0 aromatic heterocycles. The second-order valence-corrected chi connectivity index (χ2v) is 4.73. The first-order chi connectivity index (χ1) is 8.68. The number of rotatable bonds is 7. The van der Waals surface area contributed by atoms with E-state index in [1.54, 1.807) is 0 Å². The van der Waals surface area contributed by atoms with Gasteiger partial charge in [-0.15, -0.1) is 0 Å². The summed E-state index contributed by atoms with van der Waals surface area (Å²) in [5, 5.41) is 5.61. The molecule has 1 heterocycles. The highest BCUT2D eigenvalue weighted by atomic mass is 16.5. The van der Waals surface area contributed by atoms with Gasteiger partial charge in [-0.3, -0.25) is 9.59 Å². The zero-order chi connectivity index (χ0) is 13.2. The van der Waals surface area contributed by atoms with E-state index in [0.717, 1.165) is 38.7 Å². The smallest absolute Gasteiger partial charge is 0.222 e. The third-order valence-electron chi connectivity index (χ3n) is 2.99. The molecule has 0 aliphatic carbocycles. The van der Waals surface area contributed by atoms with Crippen LogP contribution in [0.15, 0.2) is 0 Å². The molecule has 0 spiro atoms. The Morgan fingerprint density at radius 2 is 1.89 bits per heavy atom. The van der Waals surface area contributed by atoms with Gasteiger partial charge in [0.25, 0.3) is 0 Å². The number of unbranched alkanes of at least 4 members (excludes halogenated alkanes) is 1. The Kier molecular flexibility index (Phi) is 7.41. The average molecular weight is 256 g/mol. The van der Waals surface area contributed by atoms with E-state index in [9.17, 15) is 9.59 Å². The first kappa shape index (κ1) is 15.0. The molecule has 1 unspecified atom stereocenters. The SMILES string of the molecule is CC(=O)NCCCCNC(=O)CC1CCCCO1. The Bertz CT molecular complexity index is 263. The van der Waals surface area contributed by atoms with E-state index >= 15 is 0 Å². The van der Waals surface area contributed by atoms with E-state index in [1.807, 2.05) is 0 Å². The number of hydrogen-bond donors (Lipinski definition) is 2. The van der Waals surface area contributed by atoms with Crippen molar-refractivity contribution in [2.75, 3.05) is 19.7 Å². The second kappa shape index (κ2) is 8.91. The number of ether oxygens (including phenoxy) is 1. The second-order valence-electron chi connectivity index (χ2n) is 4.73. The predicted octanol–water partition coefficient (Wildman–Crippen LogP) is 0.978. The van der Waals surface area contributed by atoms with Gasteiger partial charge in [-0.1, -0.05) is 0 Å². The minimum atomic E-state index is -0.00603. The summed E-state index contributed by atoms with van der Waals surface area (Å²) in [4.78, 5) is 22.2. The Morgan fingerprint density at radius 3 is 2.50 bits per heavy atom. The van der Waals surface area contributed by atoms with Gasteiger partial charge >= 0.3 is 0 Å². The van der Waals surface area contributed by atoms with Crippen LogP contribution in [0.25, 0.3) is 0 Å². The number of nitrogens with one attached hydrogen (secondary N) is 2. The summed E-state index contributed by atoms with van der Waals surface area (Å²) in [5.41, 5.74) is 0. The Hall–Kier alpha value is -1.10. The van der Waals surface area contributed by atoms with Crippen molar-refractivity contribution < 1.29 is 14.3 Å². The maximum absolute atomic E-state index is 11.6. The van der Waals surface area contributed by atoms with Crippen LogP contribution in [0.5, 0.6) is 0 Å². The lowest BCUT2D eigenvalue weighted by atomic mass is 10.1. The topological polar surface area (TPSA) is 67.4 Å². The van der Waals surface area contributed by atoms with Crippen LogP contribution in [0.3, 0.4) is 0 Å². The van der Waals surface area contributed by atoms with Crippen molar-refractivity contribution in [3.05, 3.63) is 0 Å². The number of carbonyl (C=O) groups excluding carboxylic acids is 2. The monoisotopic (exact) mass is 256 g/mol. The van der Waals surface area contributed by atoms with E-state index in [2.05, 4.69) is 10.6 Å². The fraction of sp³-hybridized carbons (Fsp3) is 0.846. The maximum Gasteiger partial charge on any atom is 0.222 e. The van der Waals surface area contributed by atoms with E-state index in [0.29, 0.717) is 19.5 Å².